The zero-order chi connectivity index (χ0) is 14.5. The standard InChI is InChI=1S/C16H19N5/c17-12-5-4-9-14-10-6-11-15-19-16(20-21(14)15)18-13-7-2-1-3-8-13/h1-3,6-8,10-11H,4-5,9,12,17H2,(H,18,20). The number of pyridine rings is 1. The van der Waals surface area contributed by atoms with Gasteiger partial charge in [0.1, 0.15) is 0 Å². The van der Waals surface area contributed by atoms with Crippen molar-refractivity contribution in [2.45, 2.75) is 19.3 Å². The van der Waals surface area contributed by atoms with E-state index in [-0.39, 0.29) is 0 Å². The molecule has 0 aliphatic carbocycles. The van der Waals surface area contributed by atoms with Crippen molar-refractivity contribution in [3.8, 4) is 0 Å². The highest BCUT2D eigenvalue weighted by molar-refractivity contribution is 5.55. The molecule has 3 rings (SSSR count). The fourth-order valence-corrected chi connectivity index (χ4v) is 2.30. The highest BCUT2D eigenvalue weighted by atomic mass is 15.4. The predicted molar refractivity (Wildman–Crippen MR) is 84.7 cm³/mol. The Kier molecular flexibility index (Phi) is 4.12. The Bertz CT molecular complexity index is 705. The molecule has 0 unspecified atom stereocenters. The number of nitrogens with zero attached hydrogens (tertiary/aromatic N) is 3. The van der Waals surface area contributed by atoms with E-state index in [1.54, 1.807) is 0 Å². The summed E-state index contributed by atoms with van der Waals surface area (Å²) in [5.41, 5.74) is 8.56. The van der Waals surface area contributed by atoms with Gasteiger partial charge in [0.15, 0.2) is 5.65 Å². The van der Waals surface area contributed by atoms with Crippen LogP contribution in [-0.2, 0) is 6.42 Å². The molecule has 0 saturated heterocycles. The number of para-hydroxylation sites is 1. The molecule has 3 N–H and O–H groups in total. The number of anilines is 2. The highest BCUT2D eigenvalue weighted by Gasteiger charge is 2.07. The van der Waals surface area contributed by atoms with Crippen molar-refractivity contribution in [2.24, 2.45) is 5.73 Å². The number of hydrogen-bond acceptors (Lipinski definition) is 4. The van der Waals surface area contributed by atoms with Crippen LogP contribution >= 0.6 is 0 Å². The third kappa shape index (κ3) is 3.20. The van der Waals surface area contributed by atoms with E-state index >= 15 is 0 Å². The van der Waals surface area contributed by atoms with Crippen molar-refractivity contribution in [2.75, 3.05) is 11.9 Å². The Morgan fingerprint density at radius 2 is 1.86 bits per heavy atom. The van der Waals surface area contributed by atoms with Gasteiger partial charge < -0.3 is 11.1 Å². The molecule has 0 bridgehead atoms. The molecule has 0 atom stereocenters. The minimum atomic E-state index is 0.618. The maximum Gasteiger partial charge on any atom is 0.247 e. The number of benzene rings is 1. The summed E-state index contributed by atoms with van der Waals surface area (Å²) in [6.07, 6.45) is 3.06. The average Bonchev–Trinajstić information content (AvgIpc) is 2.92. The first kappa shape index (κ1) is 13.6. The second-order valence-electron chi connectivity index (χ2n) is 4.96. The van der Waals surface area contributed by atoms with Gasteiger partial charge in [0.05, 0.1) is 0 Å². The number of aryl methyl sites for hydroxylation is 1. The molecule has 2 aromatic heterocycles. The van der Waals surface area contributed by atoms with E-state index in [1.807, 2.05) is 47.0 Å². The number of nitrogens with two attached hydrogens (primary N) is 1. The molecule has 2 heterocycles. The first-order chi connectivity index (χ1) is 10.4. The first-order valence-electron chi connectivity index (χ1n) is 7.23. The number of unbranched alkanes of at least 4 members (excludes halogenated alkanes) is 1. The molecule has 108 valence electrons. The summed E-state index contributed by atoms with van der Waals surface area (Å²) < 4.78 is 1.90. The van der Waals surface area contributed by atoms with Gasteiger partial charge in [-0.1, -0.05) is 24.3 Å². The van der Waals surface area contributed by atoms with Gasteiger partial charge in [-0.15, -0.1) is 5.10 Å². The third-order valence-electron chi connectivity index (χ3n) is 3.36. The Morgan fingerprint density at radius 3 is 2.67 bits per heavy atom. The van der Waals surface area contributed by atoms with Crippen molar-refractivity contribution < 1.29 is 0 Å². The van der Waals surface area contributed by atoms with Gasteiger partial charge in [0.25, 0.3) is 0 Å². The SMILES string of the molecule is NCCCCc1cccc2nc(Nc3ccccc3)nn12. The number of rotatable bonds is 6. The van der Waals surface area contributed by atoms with Crippen LogP contribution in [-0.4, -0.2) is 21.1 Å². The zero-order valence-electron chi connectivity index (χ0n) is 11.9. The molecular formula is C16H19N5. The number of aromatic nitrogens is 3. The van der Waals surface area contributed by atoms with Crippen molar-refractivity contribution in [1.29, 1.82) is 0 Å². The van der Waals surface area contributed by atoms with Crippen LogP contribution < -0.4 is 11.1 Å². The first-order valence-corrected chi connectivity index (χ1v) is 7.23. The minimum absolute atomic E-state index is 0.618. The smallest absolute Gasteiger partial charge is 0.247 e. The van der Waals surface area contributed by atoms with Crippen molar-refractivity contribution in [3.05, 3.63) is 54.2 Å². The molecule has 0 fully saturated rings. The molecule has 0 aliphatic heterocycles. The Balaban J connectivity index is 1.84. The Morgan fingerprint density at radius 1 is 1.00 bits per heavy atom. The summed E-state index contributed by atoms with van der Waals surface area (Å²) in [6.45, 7) is 0.730. The molecule has 0 aliphatic rings. The second-order valence-corrected chi connectivity index (χ2v) is 4.96. The monoisotopic (exact) mass is 281 g/mol. The lowest BCUT2D eigenvalue weighted by Crippen LogP contribution is -2.02. The molecule has 5 heteroatoms. The van der Waals surface area contributed by atoms with Crippen LogP contribution in [0, 0.1) is 0 Å². The largest absolute Gasteiger partial charge is 0.330 e. The summed E-state index contributed by atoms with van der Waals surface area (Å²) >= 11 is 0. The van der Waals surface area contributed by atoms with Crippen molar-refractivity contribution in [1.82, 2.24) is 14.6 Å². The number of hydrogen-bond donors (Lipinski definition) is 2. The molecular weight excluding hydrogens is 262 g/mol. The lowest BCUT2D eigenvalue weighted by atomic mass is 10.2. The number of nitrogens with one attached hydrogen (secondary N) is 1. The summed E-state index contributed by atoms with van der Waals surface area (Å²) in [5.74, 6) is 0.618. The second kappa shape index (κ2) is 6.37. The third-order valence-corrected chi connectivity index (χ3v) is 3.36. The topological polar surface area (TPSA) is 68.2 Å². The van der Waals surface area contributed by atoms with Crippen LogP contribution in [0.2, 0.25) is 0 Å². The molecule has 0 spiro atoms. The van der Waals surface area contributed by atoms with E-state index in [0.717, 1.165) is 42.8 Å². The zero-order valence-corrected chi connectivity index (χ0v) is 11.9. The van der Waals surface area contributed by atoms with E-state index in [4.69, 9.17) is 5.73 Å². The van der Waals surface area contributed by atoms with Crippen molar-refractivity contribution >= 4 is 17.3 Å². The van der Waals surface area contributed by atoms with Gasteiger partial charge in [0.2, 0.25) is 5.95 Å². The molecule has 5 nitrogen and oxygen atoms in total. The summed E-state index contributed by atoms with van der Waals surface area (Å²) in [5, 5.41) is 7.77. The average molecular weight is 281 g/mol. The molecule has 0 saturated carbocycles. The fraction of sp³-hybridized carbons (Fsp3) is 0.250. The summed E-state index contributed by atoms with van der Waals surface area (Å²) in [7, 11) is 0. The van der Waals surface area contributed by atoms with Gasteiger partial charge in [-0.3, -0.25) is 0 Å². The van der Waals surface area contributed by atoms with E-state index in [2.05, 4.69) is 21.5 Å². The molecule has 3 aromatic rings. The fourth-order valence-electron chi connectivity index (χ4n) is 2.30. The van der Waals surface area contributed by atoms with Crippen LogP contribution in [0.5, 0.6) is 0 Å². The van der Waals surface area contributed by atoms with Crippen LogP contribution in [0.15, 0.2) is 48.5 Å². The minimum Gasteiger partial charge on any atom is -0.330 e. The predicted octanol–water partition coefficient (Wildman–Crippen LogP) is 2.75. The lowest BCUT2D eigenvalue weighted by molar-refractivity contribution is 0.712. The van der Waals surface area contributed by atoms with Crippen molar-refractivity contribution in [3.63, 3.8) is 0 Å². The van der Waals surface area contributed by atoms with E-state index in [9.17, 15) is 0 Å². The number of fused-ring (bicyclic) bond motifs is 1. The van der Waals surface area contributed by atoms with Crippen LogP contribution in [0.1, 0.15) is 18.5 Å². The Hall–Kier alpha value is -2.40. The summed E-state index contributed by atoms with van der Waals surface area (Å²) in [6, 6.07) is 16.0. The quantitative estimate of drug-likeness (QED) is 0.682. The highest BCUT2D eigenvalue weighted by Crippen LogP contribution is 2.15. The lowest BCUT2D eigenvalue weighted by Gasteiger charge is -2.03. The maximum atomic E-state index is 5.55. The molecule has 0 radical (unpaired) electrons. The van der Waals surface area contributed by atoms with E-state index in [1.165, 1.54) is 0 Å². The Labute approximate surface area is 123 Å². The molecule has 21 heavy (non-hydrogen) atoms. The van der Waals surface area contributed by atoms with E-state index < -0.39 is 0 Å². The van der Waals surface area contributed by atoms with E-state index in [0.29, 0.717) is 5.95 Å². The van der Waals surface area contributed by atoms with Crippen LogP contribution in [0.3, 0.4) is 0 Å². The van der Waals surface area contributed by atoms with Gasteiger partial charge >= 0.3 is 0 Å². The van der Waals surface area contributed by atoms with Crippen LogP contribution in [0.25, 0.3) is 5.65 Å². The van der Waals surface area contributed by atoms with Gasteiger partial charge in [-0.2, -0.15) is 4.98 Å². The van der Waals surface area contributed by atoms with Crippen LogP contribution in [0.4, 0.5) is 11.6 Å². The molecule has 1 aromatic carbocycles. The van der Waals surface area contributed by atoms with Gasteiger partial charge in [-0.25, -0.2) is 4.52 Å². The van der Waals surface area contributed by atoms with Gasteiger partial charge in [0, 0.05) is 11.4 Å². The molecule has 0 amide bonds. The maximum absolute atomic E-state index is 5.55. The summed E-state index contributed by atoms with van der Waals surface area (Å²) in [4.78, 5) is 4.51. The normalized spacial score (nSPS) is 10.9. The van der Waals surface area contributed by atoms with Gasteiger partial charge in [-0.05, 0) is 50.1 Å².